The van der Waals surface area contributed by atoms with Crippen molar-refractivity contribution in [1.29, 1.82) is 0 Å². The molecule has 3 aromatic rings. The van der Waals surface area contributed by atoms with Crippen LogP contribution in [0, 0.1) is 0 Å². The predicted octanol–water partition coefficient (Wildman–Crippen LogP) is 2.17. The van der Waals surface area contributed by atoms with Crippen molar-refractivity contribution in [1.82, 2.24) is 14.9 Å². The topological polar surface area (TPSA) is 71.7 Å². The van der Waals surface area contributed by atoms with Gasteiger partial charge in [0.15, 0.2) is 0 Å². The van der Waals surface area contributed by atoms with Crippen LogP contribution in [0.1, 0.15) is 6.42 Å². The highest BCUT2D eigenvalue weighted by molar-refractivity contribution is 5.77. The molecule has 7 nitrogen and oxygen atoms in total. The van der Waals surface area contributed by atoms with Crippen LogP contribution in [0.25, 0.3) is 11.0 Å². The fraction of sp³-hybridized carbons (Fsp3) is 0.350. The molecule has 0 amide bonds. The molecule has 1 aromatic carbocycles. The molecule has 140 valence electrons. The zero-order valence-corrected chi connectivity index (χ0v) is 15.1. The molecule has 4 rings (SSSR count). The summed E-state index contributed by atoms with van der Waals surface area (Å²) in [4.78, 5) is 24.5. The molecule has 0 bridgehead atoms. The summed E-state index contributed by atoms with van der Waals surface area (Å²) in [6.45, 7) is 5.58. The lowest BCUT2D eigenvalue weighted by atomic mass is 10.2. The van der Waals surface area contributed by atoms with E-state index in [1.165, 1.54) is 6.07 Å². The van der Waals surface area contributed by atoms with Crippen LogP contribution in [0.15, 0.2) is 58.1 Å². The second-order valence-corrected chi connectivity index (χ2v) is 6.55. The number of benzene rings is 1. The fourth-order valence-electron chi connectivity index (χ4n) is 3.26. The maximum Gasteiger partial charge on any atom is 0.336 e. The van der Waals surface area contributed by atoms with Crippen LogP contribution in [0.3, 0.4) is 0 Å². The van der Waals surface area contributed by atoms with E-state index in [-0.39, 0.29) is 5.63 Å². The molecule has 1 saturated heterocycles. The van der Waals surface area contributed by atoms with Gasteiger partial charge in [0, 0.05) is 62.6 Å². The standard InChI is InChI=1S/C20H22N4O3/c25-20-5-3-16-2-4-17(14-18(16)27-20)26-13-1-8-23-9-11-24(12-10-23)19-15-21-6-7-22-19/h2-7,14-15H,1,8-13H2. The maximum atomic E-state index is 11.3. The van der Waals surface area contributed by atoms with Crippen LogP contribution >= 0.6 is 0 Å². The zero-order chi connectivity index (χ0) is 18.5. The summed E-state index contributed by atoms with van der Waals surface area (Å²) in [6.07, 6.45) is 6.19. The molecule has 1 aliphatic rings. The van der Waals surface area contributed by atoms with Crippen LogP contribution in [-0.4, -0.2) is 54.2 Å². The lowest BCUT2D eigenvalue weighted by Gasteiger charge is -2.35. The average Bonchev–Trinajstić information content (AvgIpc) is 2.72. The molecule has 7 heteroatoms. The number of fused-ring (bicyclic) bond motifs is 1. The van der Waals surface area contributed by atoms with E-state index in [9.17, 15) is 4.79 Å². The molecule has 0 radical (unpaired) electrons. The summed E-state index contributed by atoms with van der Waals surface area (Å²) < 4.78 is 11.0. The van der Waals surface area contributed by atoms with E-state index in [0.717, 1.165) is 56.1 Å². The van der Waals surface area contributed by atoms with Crippen LogP contribution < -0.4 is 15.3 Å². The lowest BCUT2D eigenvalue weighted by Crippen LogP contribution is -2.47. The minimum atomic E-state index is -0.347. The fourth-order valence-corrected chi connectivity index (χ4v) is 3.26. The molecule has 0 aliphatic carbocycles. The van der Waals surface area contributed by atoms with Crippen LogP contribution in [0.4, 0.5) is 5.82 Å². The van der Waals surface area contributed by atoms with E-state index in [2.05, 4.69) is 19.8 Å². The number of aromatic nitrogens is 2. The Bertz CT molecular complexity index is 937. The number of hydrogen-bond donors (Lipinski definition) is 0. The summed E-state index contributed by atoms with van der Waals surface area (Å²) in [7, 11) is 0. The Kier molecular flexibility index (Phi) is 5.29. The third-order valence-electron chi connectivity index (χ3n) is 4.73. The van der Waals surface area contributed by atoms with Gasteiger partial charge in [0.05, 0.1) is 12.8 Å². The number of nitrogens with zero attached hydrogens (tertiary/aromatic N) is 4. The largest absolute Gasteiger partial charge is 0.493 e. The highest BCUT2D eigenvalue weighted by atomic mass is 16.5. The SMILES string of the molecule is O=c1ccc2ccc(OCCCN3CCN(c4cnccn4)CC3)cc2o1. The van der Waals surface area contributed by atoms with Crippen molar-refractivity contribution in [3.63, 3.8) is 0 Å². The van der Waals surface area contributed by atoms with Gasteiger partial charge in [-0.2, -0.15) is 0 Å². The van der Waals surface area contributed by atoms with Crippen molar-refractivity contribution in [2.45, 2.75) is 6.42 Å². The van der Waals surface area contributed by atoms with Crippen LogP contribution in [0.5, 0.6) is 5.75 Å². The molecule has 1 aliphatic heterocycles. The van der Waals surface area contributed by atoms with Crippen molar-refractivity contribution in [2.75, 3.05) is 44.2 Å². The summed E-state index contributed by atoms with van der Waals surface area (Å²) in [5.41, 5.74) is 0.209. The molecule has 0 atom stereocenters. The Morgan fingerprint density at radius 2 is 1.93 bits per heavy atom. The second kappa shape index (κ2) is 8.18. The highest BCUT2D eigenvalue weighted by Gasteiger charge is 2.17. The highest BCUT2D eigenvalue weighted by Crippen LogP contribution is 2.19. The van der Waals surface area contributed by atoms with Crippen LogP contribution in [-0.2, 0) is 0 Å². The van der Waals surface area contributed by atoms with Gasteiger partial charge in [-0.1, -0.05) is 0 Å². The summed E-state index contributed by atoms with van der Waals surface area (Å²) in [6, 6.07) is 8.76. The zero-order valence-electron chi connectivity index (χ0n) is 15.1. The first-order valence-electron chi connectivity index (χ1n) is 9.18. The van der Waals surface area contributed by atoms with Gasteiger partial charge in [-0.05, 0) is 24.6 Å². The molecule has 3 heterocycles. The average molecular weight is 366 g/mol. The van der Waals surface area contributed by atoms with Gasteiger partial charge in [-0.3, -0.25) is 9.88 Å². The van der Waals surface area contributed by atoms with Crippen molar-refractivity contribution in [3.05, 3.63) is 59.3 Å². The molecular formula is C20H22N4O3. The number of piperazine rings is 1. The number of hydrogen-bond acceptors (Lipinski definition) is 7. The number of ether oxygens (including phenoxy) is 1. The molecule has 2 aromatic heterocycles. The Morgan fingerprint density at radius 1 is 1.07 bits per heavy atom. The van der Waals surface area contributed by atoms with E-state index in [1.54, 1.807) is 24.5 Å². The maximum absolute atomic E-state index is 11.3. The first kappa shape index (κ1) is 17.5. The van der Waals surface area contributed by atoms with Gasteiger partial charge in [0.2, 0.25) is 0 Å². The van der Waals surface area contributed by atoms with Crippen molar-refractivity contribution in [2.24, 2.45) is 0 Å². The first-order chi connectivity index (χ1) is 13.3. The Morgan fingerprint density at radius 3 is 2.74 bits per heavy atom. The lowest BCUT2D eigenvalue weighted by molar-refractivity contribution is 0.224. The van der Waals surface area contributed by atoms with Gasteiger partial charge < -0.3 is 14.1 Å². The van der Waals surface area contributed by atoms with E-state index >= 15 is 0 Å². The molecular weight excluding hydrogens is 344 g/mol. The van der Waals surface area contributed by atoms with Gasteiger partial charge >= 0.3 is 5.63 Å². The van der Waals surface area contributed by atoms with E-state index in [4.69, 9.17) is 9.15 Å². The van der Waals surface area contributed by atoms with E-state index in [1.807, 2.05) is 18.3 Å². The molecule has 0 saturated carbocycles. The van der Waals surface area contributed by atoms with Crippen molar-refractivity contribution >= 4 is 16.8 Å². The minimum Gasteiger partial charge on any atom is -0.493 e. The van der Waals surface area contributed by atoms with E-state index < -0.39 is 0 Å². The predicted molar refractivity (Wildman–Crippen MR) is 103 cm³/mol. The molecule has 27 heavy (non-hydrogen) atoms. The summed E-state index contributed by atoms with van der Waals surface area (Å²) in [5.74, 6) is 1.67. The molecule has 0 unspecified atom stereocenters. The molecule has 1 fully saturated rings. The number of anilines is 1. The summed E-state index contributed by atoms with van der Waals surface area (Å²) in [5, 5.41) is 0.892. The van der Waals surface area contributed by atoms with Gasteiger partial charge in [-0.15, -0.1) is 0 Å². The van der Waals surface area contributed by atoms with Crippen molar-refractivity contribution < 1.29 is 9.15 Å². The van der Waals surface area contributed by atoms with E-state index in [0.29, 0.717) is 12.2 Å². The van der Waals surface area contributed by atoms with Gasteiger partial charge in [0.1, 0.15) is 17.2 Å². The van der Waals surface area contributed by atoms with Crippen LogP contribution in [0.2, 0.25) is 0 Å². The smallest absolute Gasteiger partial charge is 0.336 e. The quantitative estimate of drug-likeness (QED) is 0.489. The summed E-state index contributed by atoms with van der Waals surface area (Å²) >= 11 is 0. The van der Waals surface area contributed by atoms with Gasteiger partial charge in [-0.25, -0.2) is 9.78 Å². The Balaban J connectivity index is 1.21. The second-order valence-electron chi connectivity index (χ2n) is 6.55. The molecule has 0 spiro atoms. The normalized spacial score (nSPS) is 15.2. The first-order valence-corrected chi connectivity index (χ1v) is 9.18. The van der Waals surface area contributed by atoms with Gasteiger partial charge in [0.25, 0.3) is 0 Å². The Labute approximate surface area is 157 Å². The third kappa shape index (κ3) is 4.43. The monoisotopic (exact) mass is 366 g/mol. The minimum absolute atomic E-state index is 0.347. The number of rotatable bonds is 6. The van der Waals surface area contributed by atoms with Crippen molar-refractivity contribution in [3.8, 4) is 5.75 Å². The molecule has 0 N–H and O–H groups in total. The third-order valence-corrected chi connectivity index (χ3v) is 4.73. The Hall–Kier alpha value is -2.93.